The Balaban J connectivity index is 2.21. The maximum atomic E-state index is 10.6. The molecule has 0 unspecified atom stereocenters. The second-order valence-corrected chi connectivity index (χ2v) is 3.61. The third-order valence-corrected chi connectivity index (χ3v) is 2.35. The molecule has 0 aliphatic rings. The lowest BCUT2D eigenvalue weighted by molar-refractivity contribution is -0.384. The van der Waals surface area contributed by atoms with Crippen molar-refractivity contribution in [1.29, 1.82) is 0 Å². The second kappa shape index (κ2) is 4.79. The molecule has 90 valence electrons. The average Bonchev–Trinajstić information content (AvgIpc) is 2.70. The molecular weight excluding hydrogens is 222 g/mol. The Hall–Kier alpha value is -2.15. The lowest BCUT2D eigenvalue weighted by Crippen LogP contribution is -2.09. The quantitative estimate of drug-likeness (QED) is 0.410. The summed E-state index contributed by atoms with van der Waals surface area (Å²) >= 11 is 0. The van der Waals surface area contributed by atoms with Gasteiger partial charge in [-0.1, -0.05) is 0 Å². The fraction of sp³-hybridized carbons (Fsp3) is 0.300. The molecule has 0 fully saturated rings. The lowest BCUT2D eigenvalue weighted by Gasteiger charge is -1.98. The van der Waals surface area contributed by atoms with Gasteiger partial charge in [0.25, 0.3) is 5.69 Å². The van der Waals surface area contributed by atoms with E-state index in [4.69, 9.17) is 5.73 Å². The lowest BCUT2D eigenvalue weighted by atomic mass is 10.3. The van der Waals surface area contributed by atoms with E-state index in [0.29, 0.717) is 23.5 Å². The summed E-state index contributed by atoms with van der Waals surface area (Å²) in [6.45, 7) is 1.33. The molecule has 0 aliphatic carbocycles. The molecule has 0 saturated carbocycles. The number of fused-ring (bicyclic) bond motifs is 1. The number of non-ortho nitro benzene ring substituents is 1. The summed E-state index contributed by atoms with van der Waals surface area (Å²) in [7, 11) is 0. The molecule has 0 aliphatic heterocycles. The molecule has 17 heavy (non-hydrogen) atoms. The summed E-state index contributed by atoms with van der Waals surface area (Å²) in [5, 5.41) is 13.7. The summed E-state index contributed by atoms with van der Waals surface area (Å²) in [6, 6.07) is 4.53. The van der Waals surface area contributed by atoms with E-state index >= 15 is 0 Å². The van der Waals surface area contributed by atoms with Crippen molar-refractivity contribution in [1.82, 2.24) is 9.97 Å². The van der Waals surface area contributed by atoms with Crippen LogP contribution in [0.1, 0.15) is 6.42 Å². The topological polar surface area (TPSA) is 110 Å². The summed E-state index contributed by atoms with van der Waals surface area (Å²) in [5.41, 5.74) is 6.77. The number of aromatic nitrogens is 2. The van der Waals surface area contributed by atoms with Gasteiger partial charge in [-0.25, -0.2) is 4.98 Å². The van der Waals surface area contributed by atoms with E-state index in [9.17, 15) is 10.1 Å². The molecule has 1 aromatic heterocycles. The zero-order valence-corrected chi connectivity index (χ0v) is 9.14. The maximum Gasteiger partial charge on any atom is 0.271 e. The zero-order valence-electron chi connectivity index (χ0n) is 9.14. The largest absolute Gasteiger partial charge is 0.356 e. The van der Waals surface area contributed by atoms with Gasteiger partial charge < -0.3 is 16.0 Å². The molecule has 1 heterocycles. The molecule has 1 aromatic carbocycles. The Labute approximate surface area is 97.2 Å². The monoisotopic (exact) mass is 235 g/mol. The Morgan fingerprint density at radius 3 is 3.06 bits per heavy atom. The third kappa shape index (κ3) is 2.51. The van der Waals surface area contributed by atoms with Crippen LogP contribution in [0.5, 0.6) is 0 Å². The van der Waals surface area contributed by atoms with E-state index in [1.54, 1.807) is 6.07 Å². The van der Waals surface area contributed by atoms with Gasteiger partial charge in [0.05, 0.1) is 16.0 Å². The van der Waals surface area contributed by atoms with Gasteiger partial charge in [0.15, 0.2) is 0 Å². The molecule has 0 saturated heterocycles. The van der Waals surface area contributed by atoms with Gasteiger partial charge in [0.2, 0.25) is 5.95 Å². The zero-order chi connectivity index (χ0) is 12.3. The first kappa shape index (κ1) is 11.3. The summed E-state index contributed by atoms with van der Waals surface area (Å²) in [6.07, 6.45) is 0.844. The van der Waals surface area contributed by atoms with Gasteiger partial charge in [-0.3, -0.25) is 10.1 Å². The molecule has 0 bridgehead atoms. The van der Waals surface area contributed by atoms with Gasteiger partial charge in [-0.05, 0) is 19.0 Å². The number of benzene rings is 1. The van der Waals surface area contributed by atoms with Crippen molar-refractivity contribution in [3.63, 3.8) is 0 Å². The van der Waals surface area contributed by atoms with Gasteiger partial charge in [-0.15, -0.1) is 0 Å². The molecule has 0 spiro atoms. The van der Waals surface area contributed by atoms with E-state index in [1.165, 1.54) is 12.1 Å². The van der Waals surface area contributed by atoms with E-state index in [-0.39, 0.29) is 5.69 Å². The Morgan fingerprint density at radius 1 is 1.53 bits per heavy atom. The molecule has 2 aromatic rings. The molecule has 7 nitrogen and oxygen atoms in total. The van der Waals surface area contributed by atoms with Gasteiger partial charge in [-0.2, -0.15) is 0 Å². The molecular formula is C10H13N5O2. The number of imidazole rings is 1. The van der Waals surface area contributed by atoms with Crippen LogP contribution in [0.15, 0.2) is 18.2 Å². The highest BCUT2D eigenvalue weighted by Crippen LogP contribution is 2.20. The van der Waals surface area contributed by atoms with Crippen molar-refractivity contribution < 1.29 is 4.92 Å². The van der Waals surface area contributed by atoms with Crippen molar-refractivity contribution >= 4 is 22.7 Å². The predicted molar refractivity (Wildman–Crippen MR) is 64.9 cm³/mol. The van der Waals surface area contributed by atoms with Crippen LogP contribution in [0.2, 0.25) is 0 Å². The summed E-state index contributed by atoms with van der Waals surface area (Å²) < 4.78 is 0. The van der Waals surface area contributed by atoms with Gasteiger partial charge in [0.1, 0.15) is 0 Å². The van der Waals surface area contributed by atoms with E-state index < -0.39 is 4.92 Å². The first-order valence-electron chi connectivity index (χ1n) is 5.29. The number of aromatic amines is 1. The summed E-state index contributed by atoms with van der Waals surface area (Å²) in [4.78, 5) is 17.4. The van der Waals surface area contributed by atoms with Crippen molar-refractivity contribution in [3.05, 3.63) is 28.3 Å². The molecule has 0 radical (unpaired) electrons. The van der Waals surface area contributed by atoms with Gasteiger partial charge >= 0.3 is 0 Å². The van der Waals surface area contributed by atoms with Crippen LogP contribution in [0.3, 0.4) is 0 Å². The molecule has 2 rings (SSSR count). The normalized spacial score (nSPS) is 10.6. The van der Waals surface area contributed by atoms with Crippen molar-refractivity contribution in [2.45, 2.75) is 6.42 Å². The fourth-order valence-corrected chi connectivity index (χ4v) is 1.50. The van der Waals surface area contributed by atoms with Crippen molar-refractivity contribution in [2.24, 2.45) is 5.73 Å². The molecule has 0 amide bonds. The highest BCUT2D eigenvalue weighted by Gasteiger charge is 2.08. The number of hydrogen-bond acceptors (Lipinski definition) is 5. The van der Waals surface area contributed by atoms with Crippen LogP contribution in [0.4, 0.5) is 11.6 Å². The van der Waals surface area contributed by atoms with Crippen LogP contribution < -0.4 is 11.1 Å². The summed E-state index contributed by atoms with van der Waals surface area (Å²) in [5.74, 6) is 0.606. The maximum absolute atomic E-state index is 10.6. The van der Waals surface area contributed by atoms with Crippen LogP contribution in [-0.4, -0.2) is 28.0 Å². The van der Waals surface area contributed by atoms with E-state index in [2.05, 4.69) is 15.3 Å². The number of hydrogen-bond donors (Lipinski definition) is 3. The smallest absolute Gasteiger partial charge is 0.271 e. The predicted octanol–water partition coefficient (Wildman–Crippen LogP) is 1.23. The average molecular weight is 235 g/mol. The van der Waals surface area contributed by atoms with E-state index in [1.807, 2.05) is 0 Å². The van der Waals surface area contributed by atoms with E-state index in [0.717, 1.165) is 13.0 Å². The molecule has 0 atom stereocenters. The minimum Gasteiger partial charge on any atom is -0.356 e. The van der Waals surface area contributed by atoms with Crippen LogP contribution in [0, 0.1) is 10.1 Å². The highest BCUT2D eigenvalue weighted by molar-refractivity contribution is 5.79. The standard InChI is InChI=1S/C10H13N5O2/c11-4-1-5-12-10-13-8-3-2-7(15(16)17)6-9(8)14-10/h2-3,6H,1,4-5,11H2,(H2,12,13,14). The van der Waals surface area contributed by atoms with Crippen molar-refractivity contribution in [2.75, 3.05) is 18.4 Å². The Morgan fingerprint density at radius 2 is 2.35 bits per heavy atom. The first-order valence-corrected chi connectivity index (χ1v) is 5.29. The number of nitrogens with two attached hydrogens (primary N) is 1. The molecule has 4 N–H and O–H groups in total. The number of H-pyrrole nitrogens is 1. The highest BCUT2D eigenvalue weighted by atomic mass is 16.6. The SMILES string of the molecule is NCCCNc1nc2ccc([N+](=O)[O-])cc2[nH]1. The minimum absolute atomic E-state index is 0.0506. The number of nitro groups is 1. The Bertz CT molecular complexity index is 536. The van der Waals surface area contributed by atoms with Crippen LogP contribution in [-0.2, 0) is 0 Å². The number of nitro benzene ring substituents is 1. The minimum atomic E-state index is -0.429. The fourth-order valence-electron chi connectivity index (χ4n) is 1.50. The molecule has 7 heteroatoms. The third-order valence-electron chi connectivity index (χ3n) is 2.35. The second-order valence-electron chi connectivity index (χ2n) is 3.61. The van der Waals surface area contributed by atoms with Crippen LogP contribution in [0.25, 0.3) is 11.0 Å². The number of nitrogens with one attached hydrogen (secondary N) is 2. The first-order chi connectivity index (χ1) is 8.20. The van der Waals surface area contributed by atoms with Crippen LogP contribution >= 0.6 is 0 Å². The number of anilines is 1. The van der Waals surface area contributed by atoms with Gasteiger partial charge in [0, 0.05) is 18.7 Å². The van der Waals surface area contributed by atoms with Crippen molar-refractivity contribution in [3.8, 4) is 0 Å². The Kier molecular flexibility index (Phi) is 3.20. The number of rotatable bonds is 5. The number of nitrogens with zero attached hydrogens (tertiary/aromatic N) is 2.